The van der Waals surface area contributed by atoms with Gasteiger partial charge >= 0.3 is 0 Å². The van der Waals surface area contributed by atoms with Crippen LogP contribution in [0.15, 0.2) is 24.3 Å². The highest BCUT2D eigenvalue weighted by Crippen LogP contribution is 2.33. The Hall–Kier alpha value is -1.81. The Morgan fingerprint density at radius 1 is 1.30 bits per heavy atom. The number of nitrogens with zero attached hydrogens (tertiary/aromatic N) is 2. The van der Waals surface area contributed by atoms with Crippen LogP contribution in [0.3, 0.4) is 0 Å². The third kappa shape index (κ3) is 1.91. The molecule has 0 saturated heterocycles. The van der Waals surface area contributed by atoms with Crippen LogP contribution < -0.4 is 5.32 Å². The number of benzene rings is 1. The smallest absolute Gasteiger partial charge is 0.272 e. The third-order valence-corrected chi connectivity index (χ3v) is 3.86. The summed E-state index contributed by atoms with van der Waals surface area (Å²) in [4.78, 5) is 16.5. The van der Waals surface area contributed by atoms with E-state index in [9.17, 15) is 4.79 Å². The highest BCUT2D eigenvalue weighted by molar-refractivity contribution is 6.30. The molecule has 0 bridgehead atoms. The standard InChI is InChI=1S/C15H16ClN3O/c1-8(2)19-9(3)17-13-14(19)12(18-15(13)20)10-4-6-11(16)7-5-10/h4-8,12H,1-3H3,(H,18,20). The molecule has 1 aliphatic rings. The fourth-order valence-corrected chi connectivity index (χ4v) is 2.95. The number of imidazole rings is 1. The number of fused-ring (bicyclic) bond motifs is 1. The van der Waals surface area contributed by atoms with Crippen LogP contribution in [0.2, 0.25) is 5.02 Å². The normalized spacial score (nSPS) is 17.4. The molecule has 20 heavy (non-hydrogen) atoms. The second kappa shape index (κ2) is 4.63. The van der Waals surface area contributed by atoms with Gasteiger partial charge in [0, 0.05) is 11.1 Å². The molecule has 5 heteroatoms. The molecular formula is C15H16ClN3O. The monoisotopic (exact) mass is 289 g/mol. The molecular weight excluding hydrogens is 274 g/mol. The van der Waals surface area contributed by atoms with Gasteiger partial charge in [0.1, 0.15) is 5.82 Å². The van der Waals surface area contributed by atoms with Crippen LogP contribution in [0.25, 0.3) is 0 Å². The van der Waals surface area contributed by atoms with E-state index in [0.29, 0.717) is 10.7 Å². The molecule has 1 N–H and O–H groups in total. The number of amides is 1. The summed E-state index contributed by atoms with van der Waals surface area (Å²) >= 11 is 5.93. The molecule has 1 aromatic heterocycles. The predicted molar refractivity (Wildman–Crippen MR) is 78.1 cm³/mol. The second-order valence-electron chi connectivity index (χ2n) is 5.31. The van der Waals surface area contributed by atoms with Gasteiger partial charge in [0.2, 0.25) is 0 Å². The zero-order chi connectivity index (χ0) is 14.4. The zero-order valence-electron chi connectivity index (χ0n) is 11.6. The van der Waals surface area contributed by atoms with E-state index in [4.69, 9.17) is 11.6 Å². The molecule has 0 fully saturated rings. The molecule has 0 radical (unpaired) electrons. The molecule has 1 aliphatic heterocycles. The summed E-state index contributed by atoms with van der Waals surface area (Å²) in [7, 11) is 0. The lowest BCUT2D eigenvalue weighted by Crippen LogP contribution is -2.23. The number of rotatable bonds is 2. The van der Waals surface area contributed by atoms with Gasteiger partial charge in [-0.15, -0.1) is 0 Å². The van der Waals surface area contributed by atoms with Crippen molar-refractivity contribution in [3.05, 3.63) is 52.1 Å². The first-order valence-corrected chi connectivity index (χ1v) is 7.02. The van der Waals surface area contributed by atoms with Crippen LogP contribution in [-0.2, 0) is 0 Å². The van der Waals surface area contributed by atoms with Crippen LogP contribution in [0.1, 0.15) is 53.5 Å². The zero-order valence-corrected chi connectivity index (χ0v) is 12.4. The van der Waals surface area contributed by atoms with Crippen LogP contribution in [0.4, 0.5) is 0 Å². The quantitative estimate of drug-likeness (QED) is 0.922. The van der Waals surface area contributed by atoms with Crippen LogP contribution in [-0.4, -0.2) is 15.5 Å². The topological polar surface area (TPSA) is 46.9 Å². The van der Waals surface area contributed by atoms with Crippen molar-refractivity contribution in [3.63, 3.8) is 0 Å². The fourth-order valence-electron chi connectivity index (χ4n) is 2.82. The van der Waals surface area contributed by atoms with E-state index in [1.165, 1.54) is 0 Å². The summed E-state index contributed by atoms with van der Waals surface area (Å²) in [5, 5.41) is 3.68. The van der Waals surface area contributed by atoms with Crippen LogP contribution >= 0.6 is 11.6 Å². The molecule has 2 heterocycles. The molecule has 1 unspecified atom stereocenters. The minimum atomic E-state index is -0.154. The van der Waals surface area contributed by atoms with Crippen molar-refractivity contribution in [2.24, 2.45) is 0 Å². The summed E-state index contributed by atoms with van der Waals surface area (Å²) in [5.41, 5.74) is 2.50. The van der Waals surface area contributed by atoms with Crippen molar-refractivity contribution >= 4 is 17.5 Å². The summed E-state index contributed by atoms with van der Waals surface area (Å²) in [6, 6.07) is 7.66. The lowest BCUT2D eigenvalue weighted by atomic mass is 10.0. The van der Waals surface area contributed by atoms with Crippen molar-refractivity contribution in [1.82, 2.24) is 14.9 Å². The minimum absolute atomic E-state index is 0.109. The van der Waals surface area contributed by atoms with E-state index in [0.717, 1.165) is 17.1 Å². The molecule has 1 atom stereocenters. The Bertz CT molecular complexity index is 673. The summed E-state index contributed by atoms with van der Waals surface area (Å²) in [5.74, 6) is 0.765. The molecule has 104 valence electrons. The number of carbonyl (C=O) groups excluding carboxylic acids is 1. The van der Waals surface area contributed by atoms with Gasteiger partial charge in [-0.3, -0.25) is 4.79 Å². The number of aryl methyl sites for hydroxylation is 1. The highest BCUT2D eigenvalue weighted by Gasteiger charge is 2.36. The highest BCUT2D eigenvalue weighted by atomic mass is 35.5. The van der Waals surface area contributed by atoms with Crippen molar-refractivity contribution in [1.29, 1.82) is 0 Å². The van der Waals surface area contributed by atoms with E-state index in [2.05, 4.69) is 28.7 Å². The molecule has 4 nitrogen and oxygen atoms in total. The maximum atomic E-state index is 12.1. The van der Waals surface area contributed by atoms with E-state index >= 15 is 0 Å². The molecule has 1 aromatic carbocycles. The molecule has 0 spiro atoms. The number of carbonyl (C=O) groups is 1. The van der Waals surface area contributed by atoms with Crippen molar-refractivity contribution in [2.45, 2.75) is 32.9 Å². The Balaban J connectivity index is 2.15. The lowest BCUT2D eigenvalue weighted by molar-refractivity contribution is 0.0956. The van der Waals surface area contributed by atoms with E-state index in [-0.39, 0.29) is 18.0 Å². The first kappa shape index (κ1) is 13.2. The third-order valence-electron chi connectivity index (χ3n) is 3.61. The fraction of sp³-hybridized carbons (Fsp3) is 0.333. The summed E-state index contributed by atoms with van der Waals surface area (Å²) < 4.78 is 2.12. The van der Waals surface area contributed by atoms with Gasteiger partial charge in [0.25, 0.3) is 5.91 Å². The summed E-state index contributed by atoms with van der Waals surface area (Å²) in [6.07, 6.45) is 0. The first-order valence-electron chi connectivity index (χ1n) is 6.64. The maximum Gasteiger partial charge on any atom is 0.272 e. The molecule has 0 saturated carbocycles. The SMILES string of the molecule is Cc1nc2c(n1C(C)C)C(c1ccc(Cl)cc1)NC2=O. The Morgan fingerprint density at radius 3 is 2.55 bits per heavy atom. The largest absolute Gasteiger partial charge is 0.338 e. The number of halogens is 1. The first-order chi connectivity index (χ1) is 9.49. The average molecular weight is 290 g/mol. The Kier molecular flexibility index (Phi) is 3.05. The van der Waals surface area contributed by atoms with Gasteiger partial charge in [-0.2, -0.15) is 0 Å². The Labute approximate surface area is 122 Å². The van der Waals surface area contributed by atoms with Crippen LogP contribution in [0.5, 0.6) is 0 Å². The van der Waals surface area contributed by atoms with Gasteiger partial charge in [-0.05, 0) is 38.5 Å². The van der Waals surface area contributed by atoms with Gasteiger partial charge in [0.05, 0.1) is 11.7 Å². The molecule has 2 aromatic rings. The van der Waals surface area contributed by atoms with Gasteiger partial charge in [-0.1, -0.05) is 23.7 Å². The maximum absolute atomic E-state index is 12.1. The molecule has 3 rings (SSSR count). The predicted octanol–water partition coefficient (Wildman–Crippen LogP) is 3.26. The minimum Gasteiger partial charge on any atom is -0.338 e. The van der Waals surface area contributed by atoms with Crippen molar-refractivity contribution in [3.8, 4) is 0 Å². The number of nitrogens with one attached hydrogen (secondary N) is 1. The summed E-state index contributed by atoms with van der Waals surface area (Å²) in [6.45, 7) is 6.12. The van der Waals surface area contributed by atoms with E-state index < -0.39 is 0 Å². The van der Waals surface area contributed by atoms with Gasteiger partial charge < -0.3 is 9.88 Å². The number of hydrogen-bond donors (Lipinski definition) is 1. The van der Waals surface area contributed by atoms with Gasteiger partial charge in [0.15, 0.2) is 5.69 Å². The lowest BCUT2D eigenvalue weighted by Gasteiger charge is -2.19. The van der Waals surface area contributed by atoms with Crippen LogP contribution in [0, 0.1) is 6.92 Å². The van der Waals surface area contributed by atoms with E-state index in [1.54, 1.807) is 0 Å². The number of aromatic nitrogens is 2. The van der Waals surface area contributed by atoms with Crippen molar-refractivity contribution < 1.29 is 4.79 Å². The van der Waals surface area contributed by atoms with E-state index in [1.807, 2.05) is 31.2 Å². The van der Waals surface area contributed by atoms with Gasteiger partial charge in [-0.25, -0.2) is 4.98 Å². The van der Waals surface area contributed by atoms with Crippen molar-refractivity contribution in [2.75, 3.05) is 0 Å². The average Bonchev–Trinajstić information content (AvgIpc) is 2.88. The molecule has 1 amide bonds. The second-order valence-corrected chi connectivity index (χ2v) is 5.75. The Morgan fingerprint density at radius 2 is 1.95 bits per heavy atom. The molecule has 0 aliphatic carbocycles. The number of hydrogen-bond acceptors (Lipinski definition) is 2.